The molecular formula is C23H22ClNO6. The van der Waals surface area contributed by atoms with Crippen LogP contribution in [0.2, 0.25) is 5.02 Å². The smallest absolute Gasteiger partial charge is 0.338 e. The third-order valence-corrected chi connectivity index (χ3v) is 5.07. The van der Waals surface area contributed by atoms with Gasteiger partial charge in [-0.05, 0) is 55.0 Å². The number of carbonyl (C=O) groups excluding carboxylic acids is 4. The third-order valence-electron chi connectivity index (χ3n) is 4.82. The van der Waals surface area contributed by atoms with Crippen molar-refractivity contribution in [2.45, 2.75) is 19.8 Å². The number of hydrogen-bond acceptors (Lipinski definition) is 6. The number of esters is 2. The summed E-state index contributed by atoms with van der Waals surface area (Å²) in [7, 11) is 0. The van der Waals surface area contributed by atoms with E-state index in [9.17, 15) is 19.2 Å². The van der Waals surface area contributed by atoms with Crippen molar-refractivity contribution in [1.29, 1.82) is 0 Å². The number of halogens is 1. The Labute approximate surface area is 184 Å². The van der Waals surface area contributed by atoms with Gasteiger partial charge in [-0.3, -0.25) is 14.4 Å². The second kappa shape index (κ2) is 10.2. The molecule has 0 aromatic heterocycles. The first-order chi connectivity index (χ1) is 14.9. The molecule has 0 spiro atoms. The highest BCUT2D eigenvalue weighted by atomic mass is 35.5. The minimum atomic E-state index is -0.667. The van der Waals surface area contributed by atoms with Gasteiger partial charge in [-0.1, -0.05) is 18.5 Å². The van der Waals surface area contributed by atoms with Crippen molar-refractivity contribution >= 4 is 40.9 Å². The summed E-state index contributed by atoms with van der Waals surface area (Å²) in [4.78, 5) is 50.3. The van der Waals surface area contributed by atoms with E-state index in [0.29, 0.717) is 28.4 Å². The fourth-order valence-electron chi connectivity index (χ4n) is 3.14. The molecule has 2 aromatic rings. The Morgan fingerprint density at radius 1 is 1.00 bits per heavy atom. The fourth-order valence-corrected chi connectivity index (χ4v) is 3.27. The third kappa shape index (κ3) is 5.70. The van der Waals surface area contributed by atoms with E-state index < -0.39 is 24.5 Å². The Balaban J connectivity index is 1.55. The SMILES string of the molecule is CCCOC(=O)c1ccc(N2C[C@H](C(=O)OCC(=O)c3ccc(Cl)cc3)CC2=O)cc1. The van der Waals surface area contributed by atoms with Crippen LogP contribution in [0.5, 0.6) is 0 Å². The van der Waals surface area contributed by atoms with Gasteiger partial charge >= 0.3 is 11.9 Å². The number of ketones is 1. The maximum Gasteiger partial charge on any atom is 0.338 e. The molecule has 0 saturated carbocycles. The summed E-state index contributed by atoms with van der Waals surface area (Å²) in [6.45, 7) is 1.99. The molecule has 0 N–H and O–H groups in total. The number of hydrogen-bond donors (Lipinski definition) is 0. The van der Waals surface area contributed by atoms with E-state index in [-0.39, 0.29) is 24.7 Å². The lowest BCUT2D eigenvalue weighted by Gasteiger charge is -2.17. The van der Waals surface area contributed by atoms with Crippen molar-refractivity contribution in [2.24, 2.45) is 5.92 Å². The number of rotatable bonds is 8. The number of anilines is 1. The molecule has 0 bridgehead atoms. The molecule has 7 nitrogen and oxygen atoms in total. The van der Waals surface area contributed by atoms with Crippen LogP contribution in [0.1, 0.15) is 40.5 Å². The van der Waals surface area contributed by atoms with Crippen LogP contribution in [0, 0.1) is 5.92 Å². The van der Waals surface area contributed by atoms with Gasteiger partial charge in [0.25, 0.3) is 0 Å². The Bertz CT molecular complexity index is 971. The lowest BCUT2D eigenvalue weighted by molar-refractivity contribution is -0.147. The van der Waals surface area contributed by atoms with E-state index in [1.807, 2.05) is 6.92 Å². The fraction of sp³-hybridized carbons (Fsp3) is 0.304. The lowest BCUT2D eigenvalue weighted by atomic mass is 10.1. The highest BCUT2D eigenvalue weighted by Gasteiger charge is 2.36. The van der Waals surface area contributed by atoms with Gasteiger partial charge in [-0.2, -0.15) is 0 Å². The predicted molar refractivity (Wildman–Crippen MR) is 114 cm³/mol. The van der Waals surface area contributed by atoms with Crippen molar-refractivity contribution in [3.05, 3.63) is 64.7 Å². The monoisotopic (exact) mass is 443 g/mol. The Kier molecular flexibility index (Phi) is 7.41. The van der Waals surface area contributed by atoms with Crippen molar-refractivity contribution < 1.29 is 28.7 Å². The first-order valence-corrected chi connectivity index (χ1v) is 10.3. The molecule has 0 aliphatic carbocycles. The summed E-state index contributed by atoms with van der Waals surface area (Å²) in [6.07, 6.45) is 0.725. The number of amides is 1. The number of carbonyl (C=O) groups is 4. The highest BCUT2D eigenvalue weighted by Crippen LogP contribution is 2.26. The lowest BCUT2D eigenvalue weighted by Crippen LogP contribution is -2.27. The molecule has 1 fully saturated rings. The first kappa shape index (κ1) is 22.5. The summed E-state index contributed by atoms with van der Waals surface area (Å²) in [5, 5.41) is 0.504. The molecule has 31 heavy (non-hydrogen) atoms. The Morgan fingerprint density at radius 2 is 1.65 bits per heavy atom. The van der Waals surface area contributed by atoms with Crippen LogP contribution in [-0.4, -0.2) is 43.4 Å². The van der Waals surface area contributed by atoms with Crippen molar-refractivity contribution in [1.82, 2.24) is 0 Å². The summed E-state index contributed by atoms with van der Waals surface area (Å²) in [5.74, 6) is -2.27. The largest absolute Gasteiger partial charge is 0.462 e. The zero-order valence-electron chi connectivity index (χ0n) is 17.0. The van der Waals surface area contributed by atoms with Gasteiger partial charge in [0.1, 0.15) is 0 Å². The van der Waals surface area contributed by atoms with E-state index in [0.717, 1.165) is 6.42 Å². The second-order valence-electron chi connectivity index (χ2n) is 7.13. The molecule has 1 aliphatic heterocycles. The van der Waals surface area contributed by atoms with Crippen LogP contribution >= 0.6 is 11.6 Å². The topological polar surface area (TPSA) is 90.0 Å². The van der Waals surface area contributed by atoms with E-state index in [2.05, 4.69) is 0 Å². The zero-order chi connectivity index (χ0) is 22.4. The van der Waals surface area contributed by atoms with Crippen LogP contribution in [0.25, 0.3) is 0 Å². The van der Waals surface area contributed by atoms with Crippen LogP contribution < -0.4 is 4.90 Å². The average molecular weight is 444 g/mol. The number of nitrogens with zero attached hydrogens (tertiary/aromatic N) is 1. The van der Waals surface area contributed by atoms with E-state index in [1.54, 1.807) is 48.5 Å². The van der Waals surface area contributed by atoms with Gasteiger partial charge in [0.05, 0.1) is 18.1 Å². The molecule has 1 atom stereocenters. The van der Waals surface area contributed by atoms with Crippen molar-refractivity contribution in [3.63, 3.8) is 0 Å². The second-order valence-corrected chi connectivity index (χ2v) is 7.56. The van der Waals surface area contributed by atoms with Crippen LogP contribution in [0.4, 0.5) is 5.69 Å². The zero-order valence-corrected chi connectivity index (χ0v) is 17.8. The summed E-state index contributed by atoms with van der Waals surface area (Å²) >= 11 is 5.80. The van der Waals surface area contributed by atoms with Crippen molar-refractivity contribution in [2.75, 3.05) is 24.7 Å². The van der Waals surface area contributed by atoms with E-state index in [4.69, 9.17) is 21.1 Å². The van der Waals surface area contributed by atoms with Gasteiger partial charge in [-0.25, -0.2) is 4.79 Å². The van der Waals surface area contributed by atoms with Gasteiger partial charge < -0.3 is 14.4 Å². The van der Waals surface area contributed by atoms with Crippen molar-refractivity contribution in [3.8, 4) is 0 Å². The minimum absolute atomic E-state index is 0.00569. The van der Waals surface area contributed by atoms with Gasteiger partial charge in [0, 0.05) is 29.2 Å². The summed E-state index contributed by atoms with van der Waals surface area (Å²) < 4.78 is 10.2. The normalized spacial score (nSPS) is 15.6. The van der Waals surface area contributed by atoms with Crippen LogP contribution in [0.15, 0.2) is 48.5 Å². The molecule has 162 valence electrons. The summed E-state index contributed by atoms with van der Waals surface area (Å²) in [6, 6.07) is 12.7. The van der Waals surface area contributed by atoms with Crippen LogP contribution in [0.3, 0.4) is 0 Å². The number of Topliss-reactive ketones (excluding diaryl/α,β-unsaturated/α-hetero) is 1. The van der Waals surface area contributed by atoms with E-state index >= 15 is 0 Å². The molecule has 8 heteroatoms. The molecule has 1 amide bonds. The number of benzene rings is 2. The van der Waals surface area contributed by atoms with E-state index in [1.165, 1.54) is 4.90 Å². The molecule has 0 unspecified atom stereocenters. The molecule has 1 heterocycles. The maximum atomic E-state index is 12.4. The molecule has 0 radical (unpaired) electrons. The predicted octanol–water partition coefficient (Wildman–Crippen LogP) is 3.69. The standard InChI is InChI=1S/C23H22ClNO6/c1-2-11-30-22(28)16-5-9-19(10-6-16)25-13-17(12-21(25)27)23(29)31-14-20(26)15-3-7-18(24)8-4-15/h3-10,17H,2,11-14H2,1H3/t17-/m1/s1. The van der Waals surface area contributed by atoms with Gasteiger partial charge in [-0.15, -0.1) is 0 Å². The molecule has 3 rings (SSSR count). The Morgan fingerprint density at radius 3 is 2.29 bits per heavy atom. The van der Waals surface area contributed by atoms with Gasteiger partial charge in [0.2, 0.25) is 5.91 Å². The Hall–Kier alpha value is -3.19. The summed E-state index contributed by atoms with van der Waals surface area (Å²) in [5.41, 5.74) is 1.35. The first-order valence-electron chi connectivity index (χ1n) is 9.92. The number of ether oxygens (including phenoxy) is 2. The highest BCUT2D eigenvalue weighted by molar-refractivity contribution is 6.30. The molecule has 1 saturated heterocycles. The van der Waals surface area contributed by atoms with Crippen LogP contribution in [-0.2, 0) is 19.1 Å². The molecular weight excluding hydrogens is 422 g/mol. The quantitative estimate of drug-likeness (QED) is 0.456. The maximum absolute atomic E-state index is 12.4. The van der Waals surface area contributed by atoms with Gasteiger partial charge in [0.15, 0.2) is 12.4 Å². The molecule has 1 aliphatic rings. The average Bonchev–Trinajstić information content (AvgIpc) is 3.17. The molecule has 2 aromatic carbocycles. The minimum Gasteiger partial charge on any atom is -0.462 e.